The summed E-state index contributed by atoms with van der Waals surface area (Å²) in [4.78, 5) is 44.2. The Labute approximate surface area is 331 Å². The molecule has 0 bridgehead atoms. The summed E-state index contributed by atoms with van der Waals surface area (Å²) in [5.74, 6) is -3.51. The number of nitrogens with one attached hydrogen (secondary N) is 1. The lowest BCUT2D eigenvalue weighted by molar-refractivity contribution is -0.172. The molecule has 304 valence electrons. The quantitative estimate of drug-likeness (QED) is 0.101. The summed E-state index contributed by atoms with van der Waals surface area (Å²) < 4.78 is 73.6. The van der Waals surface area contributed by atoms with E-state index in [-0.39, 0.29) is 54.9 Å². The molecule has 0 saturated carbocycles. The van der Waals surface area contributed by atoms with Crippen molar-refractivity contribution in [2.45, 2.75) is 68.3 Å². The van der Waals surface area contributed by atoms with E-state index in [1.165, 1.54) is 54.2 Å². The minimum Gasteiger partial charge on any atom is -0.425 e. The molecule has 0 aliphatic carbocycles. The number of likely N-dealkylation sites (tertiary alicyclic amines) is 1. The molecule has 18 heteroatoms. The summed E-state index contributed by atoms with van der Waals surface area (Å²) in [7, 11) is 0. The highest BCUT2D eigenvalue weighted by Crippen LogP contribution is 2.42. The number of aromatic nitrogens is 3. The van der Waals surface area contributed by atoms with Gasteiger partial charge in [-0.05, 0) is 56.8 Å². The van der Waals surface area contributed by atoms with Crippen LogP contribution < -0.4 is 5.32 Å². The Hall–Kier alpha value is -5.22. The standard InChI is InChI=1S/C39H43F3N6O8S/c1-26(57-31-21-52-37(53-22-31)7-4-3-6-29-9-8-28(20-43)18-33(29)41)39(23-48-25-44-24-46-48,32-11-10-30(40)19-34(32)42)56-38(51)55-27(2)54-36(50)13-12-35(49)45-14-17-47-15-5-16-47/h3-4,6-11,18-19,24-27,31,37H,5,12-17,21-23H2,1-2H3,(H,45,49)/b6-3+,7-4+/t26-,27?,31?,37?,39-/m1/s1. The zero-order valence-electron chi connectivity index (χ0n) is 31.4. The predicted molar refractivity (Wildman–Crippen MR) is 200 cm³/mol. The first-order chi connectivity index (χ1) is 27.4. The molecule has 2 aliphatic rings. The lowest BCUT2D eigenvalue weighted by Crippen LogP contribution is -2.47. The first-order valence-electron chi connectivity index (χ1n) is 18.2. The number of rotatable bonds is 18. The zero-order valence-corrected chi connectivity index (χ0v) is 32.2. The van der Waals surface area contributed by atoms with Gasteiger partial charge in [-0.25, -0.2) is 27.6 Å². The van der Waals surface area contributed by atoms with Crippen LogP contribution in [0.15, 0.2) is 67.3 Å². The van der Waals surface area contributed by atoms with Gasteiger partial charge in [-0.1, -0.05) is 24.3 Å². The van der Waals surface area contributed by atoms with E-state index in [1.54, 1.807) is 25.2 Å². The van der Waals surface area contributed by atoms with E-state index < -0.39 is 53.0 Å². The van der Waals surface area contributed by atoms with Crippen molar-refractivity contribution >= 4 is 35.9 Å². The molecule has 2 saturated heterocycles. The van der Waals surface area contributed by atoms with Crippen LogP contribution in [-0.4, -0.2) is 100 Å². The van der Waals surface area contributed by atoms with Crippen molar-refractivity contribution in [2.24, 2.45) is 0 Å². The first-order valence-corrected chi connectivity index (χ1v) is 19.2. The number of esters is 1. The highest BCUT2D eigenvalue weighted by molar-refractivity contribution is 8.00. The molecule has 0 radical (unpaired) electrons. The average molecular weight is 813 g/mol. The molecular formula is C39H43F3N6O8S. The minimum absolute atomic E-state index is 0.126. The predicted octanol–water partition coefficient (Wildman–Crippen LogP) is 5.24. The van der Waals surface area contributed by atoms with Gasteiger partial charge in [0.1, 0.15) is 30.1 Å². The second-order valence-corrected chi connectivity index (χ2v) is 14.9. The minimum atomic E-state index is -1.91. The number of nitrogens with zero attached hydrogens (tertiary/aromatic N) is 5. The summed E-state index contributed by atoms with van der Waals surface area (Å²) >= 11 is 1.25. The molecule has 0 spiro atoms. The maximum absolute atomic E-state index is 15.7. The van der Waals surface area contributed by atoms with Crippen molar-refractivity contribution in [1.82, 2.24) is 25.0 Å². The van der Waals surface area contributed by atoms with Gasteiger partial charge in [0.2, 0.25) is 12.2 Å². The molecule has 14 nitrogen and oxygen atoms in total. The number of halogens is 3. The number of hydrogen-bond acceptors (Lipinski definition) is 13. The molecule has 2 aromatic carbocycles. The zero-order chi connectivity index (χ0) is 40.8. The van der Waals surface area contributed by atoms with Gasteiger partial charge in [0, 0.05) is 48.9 Å². The Balaban J connectivity index is 1.22. The fourth-order valence-corrected chi connectivity index (χ4v) is 7.33. The SMILES string of the molecule is CC(OC(=O)CCC(=O)NCCN1CCC1)OC(=O)O[C@@](Cn1cncn1)(c1ccc(F)cc1F)[C@@H](C)SC1COC(/C=C/C=C/c2ccc(C#N)cc2F)OC1. The summed E-state index contributed by atoms with van der Waals surface area (Å²) in [6, 6.07) is 8.89. The molecule has 1 N–H and O–H groups in total. The van der Waals surface area contributed by atoms with Crippen LogP contribution >= 0.6 is 11.8 Å². The maximum atomic E-state index is 15.7. The topological polar surface area (TPSA) is 167 Å². The van der Waals surface area contributed by atoms with E-state index in [2.05, 4.69) is 20.3 Å². The van der Waals surface area contributed by atoms with E-state index >= 15 is 4.39 Å². The molecule has 1 unspecified atom stereocenters. The third-order valence-corrected chi connectivity index (χ3v) is 10.5. The second kappa shape index (κ2) is 20.8. The van der Waals surface area contributed by atoms with Gasteiger partial charge in [-0.2, -0.15) is 10.4 Å². The highest BCUT2D eigenvalue weighted by Gasteiger charge is 2.47. The molecule has 1 amide bonds. The van der Waals surface area contributed by atoms with Crippen LogP contribution in [0.5, 0.6) is 0 Å². The van der Waals surface area contributed by atoms with Gasteiger partial charge in [-0.3, -0.25) is 9.59 Å². The number of carbonyl (C=O) groups is 3. The van der Waals surface area contributed by atoms with Gasteiger partial charge in [0.25, 0.3) is 0 Å². The molecule has 5 rings (SSSR count). The van der Waals surface area contributed by atoms with Crippen LogP contribution in [0.1, 0.15) is 49.8 Å². The van der Waals surface area contributed by atoms with Crippen molar-refractivity contribution in [3.8, 4) is 6.07 Å². The largest absolute Gasteiger partial charge is 0.512 e. The number of nitriles is 1. The normalized spacial score (nSPS) is 19.2. The van der Waals surface area contributed by atoms with Crippen molar-refractivity contribution in [1.29, 1.82) is 5.26 Å². The molecule has 1 aromatic heterocycles. The number of amides is 1. The van der Waals surface area contributed by atoms with Gasteiger partial charge in [0.05, 0.1) is 43.1 Å². The first kappa shape index (κ1) is 42.9. The van der Waals surface area contributed by atoms with Crippen LogP contribution in [0.4, 0.5) is 18.0 Å². The van der Waals surface area contributed by atoms with Gasteiger partial charge < -0.3 is 33.9 Å². The number of ether oxygens (including phenoxy) is 5. The van der Waals surface area contributed by atoms with Crippen LogP contribution in [0.3, 0.4) is 0 Å². The van der Waals surface area contributed by atoms with E-state index in [4.69, 9.17) is 28.9 Å². The Morgan fingerprint density at radius 2 is 1.86 bits per heavy atom. The van der Waals surface area contributed by atoms with E-state index in [0.29, 0.717) is 18.2 Å². The number of hydrogen-bond donors (Lipinski definition) is 1. The van der Waals surface area contributed by atoms with Gasteiger partial charge >= 0.3 is 12.1 Å². The molecule has 3 atom stereocenters. The number of allylic oxidation sites excluding steroid dienone is 2. The van der Waals surface area contributed by atoms with Crippen LogP contribution in [-0.2, 0) is 45.4 Å². The Bertz CT molecular complexity index is 1930. The summed E-state index contributed by atoms with van der Waals surface area (Å²) in [6.45, 7) is 6.19. The van der Waals surface area contributed by atoms with Crippen LogP contribution in [0.2, 0.25) is 0 Å². The number of benzene rings is 2. The van der Waals surface area contributed by atoms with Crippen molar-refractivity contribution in [3.05, 3.63) is 101 Å². The molecule has 57 heavy (non-hydrogen) atoms. The molecule has 3 heterocycles. The molecule has 2 fully saturated rings. The Morgan fingerprint density at radius 1 is 1.07 bits per heavy atom. The lowest BCUT2D eigenvalue weighted by atomic mass is 9.89. The van der Waals surface area contributed by atoms with E-state index in [0.717, 1.165) is 44.3 Å². The molecule has 3 aromatic rings. The third-order valence-electron chi connectivity index (χ3n) is 9.06. The molecular weight excluding hydrogens is 770 g/mol. The van der Waals surface area contributed by atoms with Gasteiger partial charge in [-0.15, -0.1) is 11.8 Å². The fraction of sp³-hybridized carbons (Fsp3) is 0.436. The number of carbonyl (C=O) groups excluding carboxylic acids is 3. The fourth-order valence-electron chi connectivity index (χ4n) is 5.96. The third kappa shape index (κ3) is 12.6. The monoisotopic (exact) mass is 812 g/mol. The maximum Gasteiger partial charge on any atom is 0.512 e. The molecule has 2 aliphatic heterocycles. The summed E-state index contributed by atoms with van der Waals surface area (Å²) in [6.07, 6.45) is 6.20. The number of thioether (sulfide) groups is 1. The average Bonchev–Trinajstić information content (AvgIpc) is 3.67. The van der Waals surface area contributed by atoms with E-state index in [9.17, 15) is 23.2 Å². The highest BCUT2D eigenvalue weighted by atomic mass is 32.2. The summed E-state index contributed by atoms with van der Waals surface area (Å²) in [5.41, 5.74) is -1.59. The van der Waals surface area contributed by atoms with Gasteiger partial charge in [0.15, 0.2) is 11.9 Å². The Morgan fingerprint density at radius 3 is 2.53 bits per heavy atom. The van der Waals surface area contributed by atoms with Crippen molar-refractivity contribution in [3.63, 3.8) is 0 Å². The van der Waals surface area contributed by atoms with Crippen LogP contribution in [0, 0.1) is 28.8 Å². The Kier molecular flexibility index (Phi) is 15.7. The summed E-state index contributed by atoms with van der Waals surface area (Å²) in [5, 5.41) is 14.6. The van der Waals surface area contributed by atoms with Crippen LogP contribution in [0.25, 0.3) is 6.08 Å². The van der Waals surface area contributed by atoms with Crippen molar-refractivity contribution in [2.75, 3.05) is 39.4 Å². The smallest absolute Gasteiger partial charge is 0.425 e. The second-order valence-electron chi connectivity index (χ2n) is 13.2. The lowest BCUT2D eigenvalue weighted by Gasteiger charge is -2.40. The van der Waals surface area contributed by atoms with Crippen molar-refractivity contribution < 1.29 is 51.2 Å². The van der Waals surface area contributed by atoms with E-state index in [1.807, 2.05) is 6.07 Å².